The number of pyridine rings is 1. The number of halogens is 2. The molecule has 0 fully saturated rings. The zero-order chi connectivity index (χ0) is 10.3. The Labute approximate surface area is 91.1 Å². The summed E-state index contributed by atoms with van der Waals surface area (Å²) in [6.45, 7) is 3.77. The van der Waals surface area contributed by atoms with Gasteiger partial charge in [-0.1, -0.05) is 23.2 Å². The molecule has 0 radical (unpaired) electrons. The number of fused-ring (bicyclic) bond motifs is 1. The second-order valence-corrected chi connectivity index (χ2v) is 3.74. The third-order valence-corrected chi connectivity index (χ3v) is 2.50. The normalized spacial score (nSPS) is 10.9. The van der Waals surface area contributed by atoms with Crippen LogP contribution in [0, 0.1) is 13.8 Å². The predicted molar refractivity (Wildman–Crippen MR) is 56.8 cm³/mol. The molecule has 3 nitrogen and oxygen atoms in total. The predicted octanol–water partition coefficient (Wildman–Crippen LogP) is 2.95. The molecule has 0 aliphatic heterocycles. The van der Waals surface area contributed by atoms with Gasteiger partial charge in [0.05, 0.1) is 11.2 Å². The molecule has 14 heavy (non-hydrogen) atoms. The Balaban J connectivity index is 2.89. The molecule has 2 rings (SSSR count). The highest BCUT2D eigenvalue weighted by Crippen LogP contribution is 2.22. The summed E-state index contributed by atoms with van der Waals surface area (Å²) in [7, 11) is 0. The third-order valence-electron chi connectivity index (χ3n) is 1.87. The number of aryl methyl sites for hydroxylation is 2. The summed E-state index contributed by atoms with van der Waals surface area (Å²) < 4.78 is 0. The molecule has 0 N–H and O–H groups in total. The van der Waals surface area contributed by atoms with E-state index in [-0.39, 0.29) is 10.3 Å². The van der Waals surface area contributed by atoms with Crippen LogP contribution in [0.3, 0.4) is 0 Å². The van der Waals surface area contributed by atoms with Crippen LogP contribution in [0.25, 0.3) is 11.0 Å². The molecule has 0 aromatic carbocycles. The van der Waals surface area contributed by atoms with Gasteiger partial charge in [-0.05, 0) is 19.9 Å². The summed E-state index contributed by atoms with van der Waals surface area (Å²) in [6.07, 6.45) is 0. The maximum Gasteiger partial charge on any atom is 0.167 e. The van der Waals surface area contributed by atoms with E-state index in [1.807, 2.05) is 19.9 Å². The van der Waals surface area contributed by atoms with Gasteiger partial charge in [0, 0.05) is 5.69 Å². The van der Waals surface area contributed by atoms with E-state index in [0.29, 0.717) is 5.52 Å². The van der Waals surface area contributed by atoms with Crippen LogP contribution in [0.4, 0.5) is 0 Å². The monoisotopic (exact) mass is 227 g/mol. The highest BCUT2D eigenvalue weighted by molar-refractivity contribution is 6.40. The van der Waals surface area contributed by atoms with Crippen molar-refractivity contribution in [1.29, 1.82) is 0 Å². The molecular formula is C9H7Cl2N3. The third kappa shape index (κ3) is 1.53. The lowest BCUT2D eigenvalue weighted by Gasteiger charge is -2.03. The minimum absolute atomic E-state index is 0.216. The standard InChI is InChI=1S/C9H7Cl2N3/c1-4-3-6-7(5(2)12-4)14-9(11)8(10)13-6/h3H,1-2H3. The quantitative estimate of drug-likeness (QED) is 0.695. The lowest BCUT2D eigenvalue weighted by molar-refractivity contribution is 1.12. The van der Waals surface area contributed by atoms with Gasteiger partial charge in [-0.3, -0.25) is 4.98 Å². The molecule has 0 saturated carbocycles. The number of nitrogens with zero attached hydrogens (tertiary/aromatic N) is 3. The van der Waals surface area contributed by atoms with Crippen LogP contribution in [0.15, 0.2) is 6.07 Å². The number of hydrogen-bond acceptors (Lipinski definition) is 3. The van der Waals surface area contributed by atoms with Crippen LogP contribution in [0.5, 0.6) is 0 Å². The highest BCUT2D eigenvalue weighted by atomic mass is 35.5. The SMILES string of the molecule is Cc1cc2nc(Cl)c(Cl)nc2c(C)n1. The molecule has 72 valence electrons. The van der Waals surface area contributed by atoms with Crippen LogP contribution in [-0.2, 0) is 0 Å². The molecule has 0 amide bonds. The first-order valence-electron chi connectivity index (χ1n) is 4.05. The summed E-state index contributed by atoms with van der Waals surface area (Å²) in [5.74, 6) is 0. The van der Waals surface area contributed by atoms with E-state index in [1.54, 1.807) is 0 Å². The fraction of sp³-hybridized carbons (Fsp3) is 0.222. The van der Waals surface area contributed by atoms with E-state index in [4.69, 9.17) is 23.2 Å². The van der Waals surface area contributed by atoms with E-state index >= 15 is 0 Å². The van der Waals surface area contributed by atoms with Crippen molar-refractivity contribution in [3.63, 3.8) is 0 Å². The Hall–Kier alpha value is -0.930. The molecular weight excluding hydrogens is 221 g/mol. The van der Waals surface area contributed by atoms with Crippen LogP contribution >= 0.6 is 23.2 Å². The molecule has 5 heteroatoms. The summed E-state index contributed by atoms with van der Waals surface area (Å²) in [4.78, 5) is 12.5. The van der Waals surface area contributed by atoms with Gasteiger partial charge in [0.25, 0.3) is 0 Å². The summed E-state index contributed by atoms with van der Waals surface area (Å²) in [5.41, 5.74) is 3.13. The number of hydrogen-bond donors (Lipinski definition) is 0. The largest absolute Gasteiger partial charge is 0.256 e. The van der Waals surface area contributed by atoms with Crippen molar-refractivity contribution in [1.82, 2.24) is 15.0 Å². The van der Waals surface area contributed by atoms with Gasteiger partial charge >= 0.3 is 0 Å². The van der Waals surface area contributed by atoms with Crippen LogP contribution in [0.1, 0.15) is 11.4 Å². The Morgan fingerprint density at radius 3 is 2.36 bits per heavy atom. The average Bonchev–Trinajstić information content (AvgIpc) is 2.08. The van der Waals surface area contributed by atoms with Gasteiger partial charge in [-0.25, -0.2) is 9.97 Å². The zero-order valence-corrected chi connectivity index (χ0v) is 9.19. The fourth-order valence-corrected chi connectivity index (χ4v) is 1.58. The van der Waals surface area contributed by atoms with Crippen molar-refractivity contribution >= 4 is 34.2 Å². The topological polar surface area (TPSA) is 38.7 Å². The molecule has 0 bridgehead atoms. The Bertz CT molecular complexity index is 511. The second-order valence-electron chi connectivity index (χ2n) is 3.02. The zero-order valence-electron chi connectivity index (χ0n) is 7.67. The second kappa shape index (κ2) is 3.33. The molecule has 0 unspecified atom stereocenters. The minimum atomic E-state index is 0.216. The van der Waals surface area contributed by atoms with Gasteiger partial charge < -0.3 is 0 Å². The van der Waals surface area contributed by atoms with E-state index in [2.05, 4.69) is 15.0 Å². The first-order valence-corrected chi connectivity index (χ1v) is 4.80. The molecule has 0 atom stereocenters. The maximum atomic E-state index is 5.77. The van der Waals surface area contributed by atoms with Crippen molar-refractivity contribution in [2.75, 3.05) is 0 Å². The van der Waals surface area contributed by atoms with E-state index < -0.39 is 0 Å². The summed E-state index contributed by atoms with van der Waals surface area (Å²) in [5, 5.41) is 0.442. The van der Waals surface area contributed by atoms with Gasteiger partial charge in [-0.15, -0.1) is 0 Å². The Morgan fingerprint density at radius 2 is 1.64 bits per heavy atom. The van der Waals surface area contributed by atoms with E-state index in [9.17, 15) is 0 Å². The van der Waals surface area contributed by atoms with E-state index in [1.165, 1.54) is 0 Å². The molecule has 2 heterocycles. The fourth-order valence-electron chi connectivity index (χ4n) is 1.32. The van der Waals surface area contributed by atoms with Gasteiger partial charge in [0.2, 0.25) is 0 Å². The van der Waals surface area contributed by atoms with Crippen molar-refractivity contribution in [3.8, 4) is 0 Å². The molecule has 0 aliphatic carbocycles. The lowest BCUT2D eigenvalue weighted by atomic mass is 10.2. The Morgan fingerprint density at radius 1 is 1.00 bits per heavy atom. The van der Waals surface area contributed by atoms with Gasteiger partial charge in [0.1, 0.15) is 5.52 Å². The summed E-state index contributed by atoms with van der Waals surface area (Å²) in [6, 6.07) is 1.83. The highest BCUT2D eigenvalue weighted by Gasteiger charge is 2.07. The van der Waals surface area contributed by atoms with Crippen LogP contribution < -0.4 is 0 Å². The molecule has 0 aliphatic rings. The number of rotatable bonds is 0. The smallest absolute Gasteiger partial charge is 0.167 e. The van der Waals surface area contributed by atoms with Crippen molar-refractivity contribution in [3.05, 3.63) is 27.8 Å². The minimum Gasteiger partial charge on any atom is -0.256 e. The Kier molecular flexibility index (Phi) is 2.29. The van der Waals surface area contributed by atoms with Crippen LogP contribution in [-0.4, -0.2) is 15.0 Å². The van der Waals surface area contributed by atoms with Crippen LogP contribution in [0.2, 0.25) is 10.3 Å². The van der Waals surface area contributed by atoms with Crippen molar-refractivity contribution in [2.45, 2.75) is 13.8 Å². The maximum absolute atomic E-state index is 5.77. The van der Waals surface area contributed by atoms with Gasteiger partial charge in [-0.2, -0.15) is 0 Å². The van der Waals surface area contributed by atoms with Gasteiger partial charge in [0.15, 0.2) is 10.3 Å². The number of aromatic nitrogens is 3. The first kappa shape index (κ1) is 9.62. The summed E-state index contributed by atoms with van der Waals surface area (Å²) >= 11 is 11.5. The van der Waals surface area contributed by atoms with Crippen molar-refractivity contribution in [2.24, 2.45) is 0 Å². The molecule has 0 spiro atoms. The lowest BCUT2D eigenvalue weighted by Crippen LogP contribution is -1.94. The molecule has 2 aromatic heterocycles. The van der Waals surface area contributed by atoms with Crippen molar-refractivity contribution < 1.29 is 0 Å². The average molecular weight is 228 g/mol. The molecule has 2 aromatic rings. The first-order chi connectivity index (χ1) is 6.58. The molecule has 0 saturated heterocycles. The van der Waals surface area contributed by atoms with E-state index in [0.717, 1.165) is 16.9 Å².